The molecule has 0 amide bonds. The van der Waals surface area contributed by atoms with Crippen molar-refractivity contribution in [1.29, 1.82) is 0 Å². The van der Waals surface area contributed by atoms with Crippen LogP contribution in [0, 0.1) is 6.92 Å². The lowest BCUT2D eigenvalue weighted by molar-refractivity contribution is 0.622. The zero-order valence-electron chi connectivity index (χ0n) is 12.0. The van der Waals surface area contributed by atoms with Gasteiger partial charge in [-0.25, -0.2) is 0 Å². The number of rotatable bonds is 5. The molecule has 1 N–H and O–H groups in total. The standard InChI is InChI=1S/C15H19BrClN3/c1-4-20-14(15(16)11(3)19-20)9-18-13-8-6-5-7-12(13)10(2)17/h5-8,10,18H,4,9H2,1-3H3. The average Bonchev–Trinajstić information content (AvgIpc) is 2.72. The molecule has 0 bridgehead atoms. The van der Waals surface area contributed by atoms with Crippen LogP contribution >= 0.6 is 27.5 Å². The number of halogens is 2. The number of aromatic nitrogens is 2. The highest BCUT2D eigenvalue weighted by molar-refractivity contribution is 9.10. The van der Waals surface area contributed by atoms with Crippen LogP contribution in [0.25, 0.3) is 0 Å². The summed E-state index contributed by atoms with van der Waals surface area (Å²) in [7, 11) is 0. The molecule has 1 aromatic heterocycles. The summed E-state index contributed by atoms with van der Waals surface area (Å²) < 4.78 is 3.09. The summed E-state index contributed by atoms with van der Waals surface area (Å²) in [5.41, 5.74) is 4.36. The summed E-state index contributed by atoms with van der Waals surface area (Å²) in [5, 5.41) is 7.95. The van der Waals surface area contributed by atoms with Crippen LogP contribution in [0.3, 0.4) is 0 Å². The van der Waals surface area contributed by atoms with Crippen LogP contribution in [0.1, 0.15) is 36.2 Å². The van der Waals surface area contributed by atoms with E-state index in [1.165, 1.54) is 0 Å². The third-order valence-corrected chi connectivity index (χ3v) is 4.56. The van der Waals surface area contributed by atoms with Gasteiger partial charge in [0.1, 0.15) is 0 Å². The number of anilines is 1. The number of hydrogen-bond acceptors (Lipinski definition) is 2. The summed E-state index contributed by atoms with van der Waals surface area (Å²) in [6.45, 7) is 7.66. The summed E-state index contributed by atoms with van der Waals surface area (Å²) in [4.78, 5) is 0. The van der Waals surface area contributed by atoms with E-state index in [0.29, 0.717) is 0 Å². The number of nitrogens with zero attached hydrogens (tertiary/aromatic N) is 2. The maximum absolute atomic E-state index is 6.22. The van der Waals surface area contributed by atoms with Crippen molar-refractivity contribution in [3.05, 3.63) is 45.7 Å². The van der Waals surface area contributed by atoms with E-state index < -0.39 is 0 Å². The Morgan fingerprint density at radius 2 is 2.10 bits per heavy atom. The number of nitrogens with one attached hydrogen (secondary N) is 1. The second-order valence-electron chi connectivity index (χ2n) is 4.72. The second kappa shape index (κ2) is 6.64. The van der Waals surface area contributed by atoms with Gasteiger partial charge in [0.05, 0.1) is 27.8 Å². The van der Waals surface area contributed by atoms with Crippen molar-refractivity contribution >= 4 is 33.2 Å². The molecule has 2 rings (SSSR count). The molecular formula is C15H19BrClN3. The summed E-state index contributed by atoms with van der Waals surface area (Å²) in [6.07, 6.45) is 0. The van der Waals surface area contributed by atoms with Crippen LogP contribution in [0.5, 0.6) is 0 Å². The van der Waals surface area contributed by atoms with Crippen LogP contribution in [0.2, 0.25) is 0 Å². The third-order valence-electron chi connectivity index (χ3n) is 3.29. The molecule has 108 valence electrons. The molecular weight excluding hydrogens is 338 g/mol. The van der Waals surface area contributed by atoms with Crippen LogP contribution in [-0.2, 0) is 13.1 Å². The number of aryl methyl sites for hydroxylation is 2. The smallest absolute Gasteiger partial charge is 0.0739 e. The van der Waals surface area contributed by atoms with Crippen molar-refractivity contribution in [3.63, 3.8) is 0 Å². The Kier molecular flexibility index (Phi) is 5.11. The maximum Gasteiger partial charge on any atom is 0.0739 e. The van der Waals surface area contributed by atoms with Gasteiger partial charge in [0.25, 0.3) is 0 Å². The Hall–Kier alpha value is -1.00. The van der Waals surface area contributed by atoms with E-state index in [9.17, 15) is 0 Å². The molecule has 0 aliphatic heterocycles. The van der Waals surface area contributed by atoms with Crippen molar-refractivity contribution in [1.82, 2.24) is 9.78 Å². The van der Waals surface area contributed by atoms with Gasteiger partial charge in [-0.3, -0.25) is 4.68 Å². The molecule has 2 aromatic rings. The lowest BCUT2D eigenvalue weighted by Gasteiger charge is -2.14. The van der Waals surface area contributed by atoms with E-state index in [1.807, 2.05) is 30.7 Å². The molecule has 0 saturated heterocycles. The van der Waals surface area contributed by atoms with Crippen LogP contribution in [0.15, 0.2) is 28.7 Å². The van der Waals surface area contributed by atoms with E-state index in [0.717, 1.165) is 40.2 Å². The molecule has 1 heterocycles. The number of benzene rings is 1. The highest BCUT2D eigenvalue weighted by Crippen LogP contribution is 2.28. The number of alkyl halides is 1. The zero-order valence-corrected chi connectivity index (χ0v) is 14.3. The molecule has 0 radical (unpaired) electrons. The first-order chi connectivity index (χ1) is 9.54. The van der Waals surface area contributed by atoms with Gasteiger partial charge < -0.3 is 5.32 Å². The summed E-state index contributed by atoms with van der Waals surface area (Å²) in [6, 6.07) is 8.14. The minimum atomic E-state index is -0.0139. The fourth-order valence-corrected chi connectivity index (χ4v) is 2.84. The van der Waals surface area contributed by atoms with E-state index >= 15 is 0 Å². The van der Waals surface area contributed by atoms with Gasteiger partial charge in [-0.05, 0) is 48.3 Å². The first-order valence-electron chi connectivity index (χ1n) is 6.73. The van der Waals surface area contributed by atoms with E-state index in [1.54, 1.807) is 0 Å². The van der Waals surface area contributed by atoms with Crippen molar-refractivity contribution in [2.24, 2.45) is 0 Å². The third kappa shape index (κ3) is 3.18. The molecule has 0 spiro atoms. The minimum absolute atomic E-state index is 0.0139. The Balaban J connectivity index is 2.21. The number of hydrogen-bond donors (Lipinski definition) is 1. The van der Waals surface area contributed by atoms with Crippen LogP contribution < -0.4 is 5.32 Å². The fourth-order valence-electron chi connectivity index (χ4n) is 2.22. The predicted molar refractivity (Wildman–Crippen MR) is 88.4 cm³/mol. The van der Waals surface area contributed by atoms with Crippen molar-refractivity contribution in [3.8, 4) is 0 Å². The molecule has 1 unspecified atom stereocenters. The van der Waals surface area contributed by atoms with Crippen molar-refractivity contribution in [2.45, 2.75) is 39.2 Å². The molecule has 0 aliphatic carbocycles. The highest BCUT2D eigenvalue weighted by Gasteiger charge is 2.13. The Bertz CT molecular complexity index is 593. The second-order valence-corrected chi connectivity index (χ2v) is 6.17. The Morgan fingerprint density at radius 3 is 2.75 bits per heavy atom. The first-order valence-corrected chi connectivity index (χ1v) is 7.96. The van der Waals surface area contributed by atoms with Gasteiger partial charge in [0, 0.05) is 12.2 Å². The normalized spacial score (nSPS) is 12.4. The molecule has 0 saturated carbocycles. The molecule has 20 heavy (non-hydrogen) atoms. The fraction of sp³-hybridized carbons (Fsp3) is 0.400. The lowest BCUT2D eigenvalue weighted by Crippen LogP contribution is -2.09. The van der Waals surface area contributed by atoms with Gasteiger partial charge in [0.15, 0.2) is 0 Å². The Labute approximate surface area is 133 Å². The van der Waals surface area contributed by atoms with Crippen LogP contribution in [-0.4, -0.2) is 9.78 Å². The van der Waals surface area contributed by atoms with Gasteiger partial charge in [0.2, 0.25) is 0 Å². The van der Waals surface area contributed by atoms with Crippen LogP contribution in [0.4, 0.5) is 5.69 Å². The van der Waals surface area contributed by atoms with Crippen molar-refractivity contribution < 1.29 is 0 Å². The van der Waals surface area contributed by atoms with Gasteiger partial charge in [-0.2, -0.15) is 5.10 Å². The van der Waals surface area contributed by atoms with Gasteiger partial charge >= 0.3 is 0 Å². The first kappa shape index (κ1) is 15.4. The Morgan fingerprint density at radius 1 is 1.40 bits per heavy atom. The molecule has 0 fully saturated rings. The molecule has 1 atom stereocenters. The highest BCUT2D eigenvalue weighted by atomic mass is 79.9. The van der Waals surface area contributed by atoms with Crippen molar-refractivity contribution in [2.75, 3.05) is 5.32 Å². The zero-order chi connectivity index (χ0) is 14.7. The lowest BCUT2D eigenvalue weighted by atomic mass is 10.1. The topological polar surface area (TPSA) is 29.9 Å². The largest absolute Gasteiger partial charge is 0.379 e. The van der Waals surface area contributed by atoms with E-state index in [-0.39, 0.29) is 5.38 Å². The summed E-state index contributed by atoms with van der Waals surface area (Å²) >= 11 is 9.83. The summed E-state index contributed by atoms with van der Waals surface area (Å²) in [5.74, 6) is 0. The molecule has 5 heteroatoms. The van der Waals surface area contributed by atoms with E-state index in [2.05, 4.69) is 45.4 Å². The molecule has 3 nitrogen and oxygen atoms in total. The van der Waals surface area contributed by atoms with E-state index in [4.69, 9.17) is 11.6 Å². The number of para-hydroxylation sites is 1. The maximum atomic E-state index is 6.22. The quantitative estimate of drug-likeness (QED) is 0.773. The van der Waals surface area contributed by atoms with Gasteiger partial charge in [-0.1, -0.05) is 18.2 Å². The monoisotopic (exact) mass is 355 g/mol. The predicted octanol–water partition coefficient (Wildman–Crippen LogP) is 4.89. The minimum Gasteiger partial charge on any atom is -0.379 e. The van der Waals surface area contributed by atoms with Gasteiger partial charge in [-0.15, -0.1) is 11.6 Å². The average molecular weight is 357 g/mol. The molecule has 1 aromatic carbocycles. The molecule has 0 aliphatic rings. The SMILES string of the molecule is CCn1nc(C)c(Br)c1CNc1ccccc1C(C)Cl.